The van der Waals surface area contributed by atoms with Gasteiger partial charge >= 0.3 is 5.97 Å². The number of ether oxygens (including phenoxy) is 2. The second kappa shape index (κ2) is 5.65. The molecule has 5 heteroatoms. The molecule has 0 unspecified atom stereocenters. The lowest BCUT2D eigenvalue weighted by Crippen LogP contribution is -2.17. The van der Waals surface area contributed by atoms with Crippen LogP contribution < -0.4 is 4.74 Å². The molecular formula is C11H11BrO4. The zero-order valence-corrected chi connectivity index (χ0v) is 10.5. The van der Waals surface area contributed by atoms with Crippen molar-refractivity contribution in [1.29, 1.82) is 0 Å². The Kier molecular flexibility index (Phi) is 4.49. The van der Waals surface area contributed by atoms with Crippen LogP contribution in [0.5, 0.6) is 5.75 Å². The van der Waals surface area contributed by atoms with Gasteiger partial charge in [0.05, 0.1) is 19.3 Å². The first-order valence-electron chi connectivity index (χ1n) is 4.65. The summed E-state index contributed by atoms with van der Waals surface area (Å²) in [6.07, 6.45) is 0. The minimum Gasteiger partial charge on any atom is -0.493 e. The summed E-state index contributed by atoms with van der Waals surface area (Å²) in [5.74, 6) is -1.24. The summed E-state index contributed by atoms with van der Waals surface area (Å²) < 4.78 is 10.3. The van der Waals surface area contributed by atoms with Gasteiger partial charge in [0.15, 0.2) is 0 Å². The Labute approximate surface area is 102 Å². The maximum absolute atomic E-state index is 11.6. The van der Waals surface area contributed by atoms with Gasteiger partial charge in [0.2, 0.25) is 0 Å². The normalized spacial score (nSPS) is 9.69. The van der Waals surface area contributed by atoms with E-state index in [9.17, 15) is 9.59 Å². The molecule has 1 aromatic carbocycles. The molecule has 0 spiro atoms. The third kappa shape index (κ3) is 2.82. The van der Waals surface area contributed by atoms with Gasteiger partial charge in [-0.3, -0.25) is 4.79 Å². The van der Waals surface area contributed by atoms with Crippen molar-refractivity contribution in [1.82, 2.24) is 0 Å². The third-order valence-corrected chi connectivity index (χ3v) is 2.35. The smallest absolute Gasteiger partial charge is 0.379 e. The summed E-state index contributed by atoms with van der Waals surface area (Å²) in [5.41, 5.74) is 0.197. The van der Waals surface area contributed by atoms with E-state index in [4.69, 9.17) is 4.74 Å². The second-order valence-corrected chi connectivity index (χ2v) is 3.81. The van der Waals surface area contributed by atoms with Gasteiger partial charge in [-0.05, 0) is 25.1 Å². The van der Waals surface area contributed by atoms with Crippen LogP contribution in [0.15, 0.2) is 22.7 Å². The fourth-order valence-corrected chi connectivity index (χ4v) is 1.52. The van der Waals surface area contributed by atoms with Crippen LogP contribution in [0.1, 0.15) is 17.3 Å². The number of hydrogen-bond donors (Lipinski definition) is 0. The molecule has 0 radical (unpaired) electrons. The number of carbonyl (C=O) groups excluding carboxylic acids is 2. The van der Waals surface area contributed by atoms with Crippen LogP contribution in [-0.2, 0) is 9.53 Å². The Balaban J connectivity index is 3.13. The lowest BCUT2D eigenvalue weighted by atomic mass is 10.1. The van der Waals surface area contributed by atoms with E-state index in [0.29, 0.717) is 16.8 Å². The molecule has 0 aromatic heterocycles. The molecule has 1 aromatic rings. The van der Waals surface area contributed by atoms with Gasteiger partial charge in [0.25, 0.3) is 5.78 Å². The van der Waals surface area contributed by atoms with Crippen molar-refractivity contribution in [2.24, 2.45) is 0 Å². The van der Waals surface area contributed by atoms with Crippen LogP contribution >= 0.6 is 15.9 Å². The Morgan fingerprint density at radius 1 is 1.38 bits per heavy atom. The number of rotatable bonds is 4. The molecule has 0 saturated heterocycles. The van der Waals surface area contributed by atoms with Crippen molar-refractivity contribution >= 4 is 27.7 Å². The first kappa shape index (κ1) is 12.7. The lowest BCUT2D eigenvalue weighted by molar-refractivity contribution is -0.135. The van der Waals surface area contributed by atoms with Crippen molar-refractivity contribution < 1.29 is 19.1 Å². The Hall–Kier alpha value is -1.36. The minimum absolute atomic E-state index is 0.197. The van der Waals surface area contributed by atoms with E-state index in [1.54, 1.807) is 19.1 Å². The van der Waals surface area contributed by atoms with E-state index in [1.165, 1.54) is 13.2 Å². The number of hydrogen-bond acceptors (Lipinski definition) is 4. The standard InChI is InChI=1S/C11H11BrO4/c1-3-16-9-5-4-7(12)6-8(9)10(13)11(14)15-2/h4-6H,3H2,1-2H3. The van der Waals surface area contributed by atoms with Crippen LogP contribution in [0, 0.1) is 0 Å². The quantitative estimate of drug-likeness (QED) is 0.484. The molecule has 0 aliphatic heterocycles. The summed E-state index contributed by atoms with van der Waals surface area (Å²) in [4.78, 5) is 22.8. The SMILES string of the molecule is CCOc1ccc(Br)cc1C(=O)C(=O)OC. The maximum atomic E-state index is 11.6. The average molecular weight is 287 g/mol. The number of esters is 1. The molecule has 4 nitrogen and oxygen atoms in total. The summed E-state index contributed by atoms with van der Waals surface area (Å²) in [6.45, 7) is 2.22. The summed E-state index contributed by atoms with van der Waals surface area (Å²) >= 11 is 3.23. The van der Waals surface area contributed by atoms with Gasteiger partial charge < -0.3 is 9.47 Å². The van der Waals surface area contributed by atoms with E-state index in [0.717, 1.165) is 0 Å². The number of Topliss-reactive ketones (excluding diaryl/α,β-unsaturated/α-hetero) is 1. The predicted octanol–water partition coefficient (Wildman–Crippen LogP) is 2.20. The van der Waals surface area contributed by atoms with E-state index >= 15 is 0 Å². The molecule has 0 atom stereocenters. The zero-order chi connectivity index (χ0) is 12.1. The molecule has 0 bridgehead atoms. The molecule has 0 N–H and O–H groups in total. The zero-order valence-electron chi connectivity index (χ0n) is 8.95. The van der Waals surface area contributed by atoms with Crippen molar-refractivity contribution in [2.45, 2.75) is 6.92 Å². The molecule has 1 rings (SSSR count). The fraction of sp³-hybridized carbons (Fsp3) is 0.273. The molecule has 0 aliphatic carbocycles. The van der Waals surface area contributed by atoms with Gasteiger partial charge in [-0.15, -0.1) is 0 Å². The average Bonchev–Trinajstić information content (AvgIpc) is 2.29. The van der Waals surface area contributed by atoms with Crippen LogP contribution in [0.2, 0.25) is 0 Å². The van der Waals surface area contributed by atoms with Crippen molar-refractivity contribution in [3.05, 3.63) is 28.2 Å². The van der Waals surface area contributed by atoms with Gasteiger partial charge in [-0.2, -0.15) is 0 Å². The number of carbonyl (C=O) groups is 2. The first-order chi connectivity index (χ1) is 7.60. The van der Waals surface area contributed by atoms with E-state index in [-0.39, 0.29) is 5.56 Å². The third-order valence-electron chi connectivity index (χ3n) is 1.86. The van der Waals surface area contributed by atoms with Crippen LogP contribution in [0.25, 0.3) is 0 Å². The maximum Gasteiger partial charge on any atom is 0.379 e. The van der Waals surface area contributed by atoms with E-state index < -0.39 is 11.8 Å². The van der Waals surface area contributed by atoms with Crippen LogP contribution in [0.4, 0.5) is 0 Å². The topological polar surface area (TPSA) is 52.6 Å². The van der Waals surface area contributed by atoms with E-state index in [1.807, 2.05) is 0 Å². The Bertz CT molecular complexity index is 414. The monoisotopic (exact) mass is 286 g/mol. The number of halogens is 1. The lowest BCUT2D eigenvalue weighted by Gasteiger charge is -2.08. The van der Waals surface area contributed by atoms with Gasteiger partial charge in [-0.25, -0.2) is 4.79 Å². The minimum atomic E-state index is -0.904. The van der Waals surface area contributed by atoms with E-state index in [2.05, 4.69) is 20.7 Å². The number of benzene rings is 1. The fourth-order valence-electron chi connectivity index (χ4n) is 1.16. The molecule has 0 amide bonds. The highest BCUT2D eigenvalue weighted by molar-refractivity contribution is 9.10. The van der Waals surface area contributed by atoms with Gasteiger partial charge in [0, 0.05) is 4.47 Å². The van der Waals surface area contributed by atoms with Crippen LogP contribution in [-0.4, -0.2) is 25.5 Å². The van der Waals surface area contributed by atoms with Crippen molar-refractivity contribution in [3.8, 4) is 5.75 Å². The molecule has 86 valence electrons. The number of ketones is 1. The summed E-state index contributed by atoms with van der Waals surface area (Å²) in [7, 11) is 1.17. The van der Waals surface area contributed by atoms with Crippen molar-refractivity contribution in [3.63, 3.8) is 0 Å². The number of methoxy groups -OCH3 is 1. The van der Waals surface area contributed by atoms with Crippen molar-refractivity contribution in [2.75, 3.05) is 13.7 Å². The molecule has 0 aliphatic rings. The molecular weight excluding hydrogens is 276 g/mol. The second-order valence-electron chi connectivity index (χ2n) is 2.89. The highest BCUT2D eigenvalue weighted by Crippen LogP contribution is 2.24. The molecule has 0 heterocycles. The first-order valence-corrected chi connectivity index (χ1v) is 5.44. The highest BCUT2D eigenvalue weighted by Gasteiger charge is 2.21. The van der Waals surface area contributed by atoms with Gasteiger partial charge in [-0.1, -0.05) is 15.9 Å². The highest BCUT2D eigenvalue weighted by atomic mass is 79.9. The van der Waals surface area contributed by atoms with Crippen LogP contribution in [0.3, 0.4) is 0 Å². The predicted molar refractivity (Wildman–Crippen MR) is 61.7 cm³/mol. The Morgan fingerprint density at radius 2 is 2.06 bits per heavy atom. The molecule has 0 fully saturated rings. The summed E-state index contributed by atoms with van der Waals surface area (Å²) in [6, 6.07) is 4.90. The largest absolute Gasteiger partial charge is 0.493 e. The Morgan fingerprint density at radius 3 is 2.62 bits per heavy atom. The van der Waals surface area contributed by atoms with Gasteiger partial charge in [0.1, 0.15) is 5.75 Å². The molecule has 0 saturated carbocycles. The summed E-state index contributed by atoms with van der Waals surface area (Å²) in [5, 5.41) is 0. The molecule has 16 heavy (non-hydrogen) atoms.